The van der Waals surface area contributed by atoms with Crippen LogP contribution >= 0.6 is 0 Å². The lowest BCUT2D eigenvalue weighted by Crippen LogP contribution is -2.42. The third-order valence-electron chi connectivity index (χ3n) is 2.10. The first-order valence-electron chi connectivity index (χ1n) is 5.33. The molecule has 92 valence electrons. The topological polar surface area (TPSA) is 67.4 Å². The van der Waals surface area contributed by atoms with E-state index in [4.69, 9.17) is 4.74 Å². The fourth-order valence-corrected chi connectivity index (χ4v) is 1.27. The van der Waals surface area contributed by atoms with Crippen molar-refractivity contribution >= 4 is 12.4 Å². The Bertz CT molecular complexity index is 354. The second kappa shape index (κ2) is 7.40. The van der Waals surface area contributed by atoms with Crippen molar-refractivity contribution in [3.05, 3.63) is 35.9 Å². The first-order valence-corrected chi connectivity index (χ1v) is 5.33. The largest absolute Gasteiger partial charge is 0.445 e. The Morgan fingerprint density at radius 2 is 2.12 bits per heavy atom. The quantitative estimate of drug-likeness (QED) is 0.713. The van der Waals surface area contributed by atoms with Crippen molar-refractivity contribution in [1.82, 2.24) is 10.6 Å². The highest BCUT2D eigenvalue weighted by Crippen LogP contribution is 2.00. The number of rotatable bonds is 6. The Hall–Kier alpha value is -1.88. The van der Waals surface area contributed by atoms with E-state index in [0.717, 1.165) is 5.56 Å². The highest BCUT2D eigenvalue weighted by molar-refractivity contribution is 5.73. The molecule has 0 radical (unpaired) electrons. The van der Waals surface area contributed by atoms with Gasteiger partial charge in [-0.05, 0) is 12.6 Å². The summed E-state index contributed by atoms with van der Waals surface area (Å²) in [6.45, 7) is 0.571. The van der Waals surface area contributed by atoms with Gasteiger partial charge in [0, 0.05) is 6.54 Å². The molecule has 5 nitrogen and oxygen atoms in total. The zero-order valence-electron chi connectivity index (χ0n) is 9.68. The number of hydrogen-bond donors (Lipinski definition) is 2. The summed E-state index contributed by atoms with van der Waals surface area (Å²) in [4.78, 5) is 21.9. The van der Waals surface area contributed by atoms with Gasteiger partial charge in [0.2, 0.25) is 0 Å². The van der Waals surface area contributed by atoms with Gasteiger partial charge in [0.1, 0.15) is 18.9 Å². The molecule has 1 amide bonds. The maximum Gasteiger partial charge on any atom is 0.408 e. The summed E-state index contributed by atoms with van der Waals surface area (Å²) in [5.74, 6) is 0. The molecular formula is C12H16N2O3. The Morgan fingerprint density at radius 3 is 2.71 bits per heavy atom. The molecule has 0 unspecified atom stereocenters. The minimum absolute atomic E-state index is 0.192. The number of likely N-dealkylation sites (N-methyl/N-ethyl adjacent to an activating group) is 1. The van der Waals surface area contributed by atoms with E-state index < -0.39 is 12.1 Å². The van der Waals surface area contributed by atoms with Crippen LogP contribution in [0.25, 0.3) is 0 Å². The smallest absolute Gasteiger partial charge is 0.408 e. The van der Waals surface area contributed by atoms with Gasteiger partial charge >= 0.3 is 6.09 Å². The van der Waals surface area contributed by atoms with E-state index >= 15 is 0 Å². The molecule has 2 N–H and O–H groups in total. The van der Waals surface area contributed by atoms with E-state index in [1.807, 2.05) is 30.3 Å². The molecule has 0 saturated heterocycles. The van der Waals surface area contributed by atoms with Gasteiger partial charge in [0.05, 0.1) is 0 Å². The molecule has 0 saturated carbocycles. The van der Waals surface area contributed by atoms with Crippen molar-refractivity contribution < 1.29 is 14.3 Å². The van der Waals surface area contributed by atoms with Crippen LogP contribution in [0.4, 0.5) is 4.79 Å². The monoisotopic (exact) mass is 236 g/mol. The summed E-state index contributed by atoms with van der Waals surface area (Å²) in [6, 6.07) is 8.77. The van der Waals surface area contributed by atoms with Gasteiger partial charge in [-0.3, -0.25) is 0 Å². The summed E-state index contributed by atoms with van der Waals surface area (Å²) in [7, 11) is 1.70. The van der Waals surface area contributed by atoms with Crippen molar-refractivity contribution in [3.8, 4) is 0 Å². The Morgan fingerprint density at radius 1 is 1.41 bits per heavy atom. The Kier molecular flexibility index (Phi) is 5.74. The lowest BCUT2D eigenvalue weighted by molar-refractivity contribution is -0.109. The molecule has 0 fully saturated rings. The third-order valence-corrected chi connectivity index (χ3v) is 2.10. The van der Waals surface area contributed by atoms with Crippen LogP contribution < -0.4 is 10.6 Å². The summed E-state index contributed by atoms with van der Waals surface area (Å²) >= 11 is 0. The molecule has 1 aromatic carbocycles. The van der Waals surface area contributed by atoms with Gasteiger partial charge in [-0.1, -0.05) is 30.3 Å². The second-order valence-corrected chi connectivity index (χ2v) is 3.51. The molecule has 1 atom stereocenters. The Balaban J connectivity index is 2.32. The average Bonchev–Trinajstić information content (AvgIpc) is 2.37. The number of carbonyl (C=O) groups is 2. The average molecular weight is 236 g/mol. The lowest BCUT2D eigenvalue weighted by atomic mass is 10.2. The van der Waals surface area contributed by atoms with Crippen molar-refractivity contribution in [1.29, 1.82) is 0 Å². The molecule has 0 aliphatic rings. The predicted molar refractivity (Wildman–Crippen MR) is 63.5 cm³/mol. The lowest BCUT2D eigenvalue weighted by Gasteiger charge is -2.12. The first-order chi connectivity index (χ1) is 8.26. The van der Waals surface area contributed by atoms with Crippen LogP contribution in [0.2, 0.25) is 0 Å². The second-order valence-electron chi connectivity index (χ2n) is 3.51. The van der Waals surface area contributed by atoms with Crippen molar-refractivity contribution in [2.75, 3.05) is 13.6 Å². The number of aldehydes is 1. The van der Waals surface area contributed by atoms with Crippen molar-refractivity contribution in [2.24, 2.45) is 0 Å². The number of benzene rings is 1. The number of alkyl carbamates (subject to hydrolysis) is 1. The maximum absolute atomic E-state index is 11.3. The summed E-state index contributed by atoms with van der Waals surface area (Å²) in [6.07, 6.45) is 0.0708. The fraction of sp³-hybridized carbons (Fsp3) is 0.333. The standard InChI is InChI=1S/C12H16N2O3/c1-13-7-11(8-15)14-12(16)17-9-10-5-3-2-4-6-10/h2-6,8,11,13H,7,9H2,1H3,(H,14,16)/t11-/m0/s1. The minimum Gasteiger partial charge on any atom is -0.445 e. The van der Waals surface area contributed by atoms with Crippen molar-refractivity contribution in [2.45, 2.75) is 12.6 Å². The van der Waals surface area contributed by atoms with E-state index in [1.165, 1.54) is 0 Å². The van der Waals surface area contributed by atoms with Gasteiger partial charge in [-0.25, -0.2) is 4.79 Å². The van der Waals surface area contributed by atoms with Crippen LogP contribution in [-0.4, -0.2) is 32.0 Å². The van der Waals surface area contributed by atoms with Crippen LogP contribution in [0.15, 0.2) is 30.3 Å². The van der Waals surface area contributed by atoms with E-state index in [9.17, 15) is 9.59 Å². The zero-order chi connectivity index (χ0) is 12.5. The Labute approximate surface area is 100 Å². The molecule has 0 bridgehead atoms. The van der Waals surface area contributed by atoms with E-state index in [-0.39, 0.29) is 6.61 Å². The van der Waals surface area contributed by atoms with E-state index in [2.05, 4.69) is 10.6 Å². The zero-order valence-corrected chi connectivity index (χ0v) is 9.68. The molecule has 1 aromatic rings. The van der Waals surface area contributed by atoms with Gasteiger partial charge in [0.25, 0.3) is 0 Å². The molecular weight excluding hydrogens is 220 g/mol. The first kappa shape index (κ1) is 13.2. The van der Waals surface area contributed by atoms with Gasteiger partial charge in [-0.2, -0.15) is 0 Å². The molecule has 5 heteroatoms. The fourth-order valence-electron chi connectivity index (χ4n) is 1.27. The van der Waals surface area contributed by atoms with Crippen LogP contribution in [0, 0.1) is 0 Å². The number of carbonyl (C=O) groups excluding carboxylic acids is 2. The van der Waals surface area contributed by atoms with Gasteiger partial charge < -0.3 is 20.2 Å². The molecule has 1 rings (SSSR count). The normalized spacial score (nSPS) is 11.6. The van der Waals surface area contributed by atoms with Gasteiger partial charge in [-0.15, -0.1) is 0 Å². The van der Waals surface area contributed by atoms with Crippen LogP contribution in [0.5, 0.6) is 0 Å². The molecule has 0 heterocycles. The number of nitrogens with one attached hydrogen (secondary N) is 2. The predicted octanol–water partition coefficient (Wildman–Crippen LogP) is 0.700. The molecule has 0 aromatic heterocycles. The highest BCUT2D eigenvalue weighted by Gasteiger charge is 2.10. The van der Waals surface area contributed by atoms with Crippen LogP contribution in [-0.2, 0) is 16.1 Å². The summed E-state index contributed by atoms with van der Waals surface area (Å²) in [5.41, 5.74) is 0.902. The van der Waals surface area contributed by atoms with Crippen LogP contribution in [0.3, 0.4) is 0 Å². The maximum atomic E-state index is 11.3. The van der Waals surface area contributed by atoms with E-state index in [1.54, 1.807) is 7.05 Å². The molecule has 0 aliphatic heterocycles. The summed E-state index contributed by atoms with van der Waals surface area (Å²) in [5, 5.41) is 5.24. The third kappa shape index (κ3) is 5.12. The number of amides is 1. The number of ether oxygens (including phenoxy) is 1. The minimum atomic E-state index is -0.596. The molecule has 0 spiro atoms. The summed E-state index contributed by atoms with van der Waals surface area (Å²) < 4.78 is 4.97. The van der Waals surface area contributed by atoms with Crippen molar-refractivity contribution in [3.63, 3.8) is 0 Å². The molecule has 0 aliphatic carbocycles. The van der Waals surface area contributed by atoms with E-state index in [0.29, 0.717) is 12.8 Å². The molecule has 17 heavy (non-hydrogen) atoms. The highest BCUT2D eigenvalue weighted by atomic mass is 16.5. The SMILES string of the molecule is CNC[C@@H](C=O)NC(=O)OCc1ccccc1. The number of hydrogen-bond acceptors (Lipinski definition) is 4. The van der Waals surface area contributed by atoms with Crippen LogP contribution in [0.1, 0.15) is 5.56 Å². The van der Waals surface area contributed by atoms with Gasteiger partial charge in [0.15, 0.2) is 0 Å².